The van der Waals surface area contributed by atoms with Crippen molar-refractivity contribution < 1.29 is 13.2 Å². The molecule has 1 heterocycles. The van der Waals surface area contributed by atoms with Crippen LogP contribution in [0.3, 0.4) is 0 Å². The molecule has 0 aliphatic carbocycles. The molecule has 1 aliphatic heterocycles. The SMILES string of the molecule is CCC1CN(S(=O)(=O)c2ccc(N)cc2OC)CCN1C. The average molecular weight is 313 g/mol. The van der Waals surface area contributed by atoms with Crippen LogP contribution in [0.5, 0.6) is 5.75 Å². The van der Waals surface area contributed by atoms with Gasteiger partial charge in [-0.15, -0.1) is 0 Å². The number of anilines is 1. The third kappa shape index (κ3) is 3.14. The lowest BCUT2D eigenvalue weighted by Crippen LogP contribution is -2.52. The molecule has 1 aliphatic rings. The van der Waals surface area contributed by atoms with Crippen LogP contribution in [0.25, 0.3) is 0 Å². The van der Waals surface area contributed by atoms with Crippen molar-refractivity contribution in [2.45, 2.75) is 24.3 Å². The zero-order chi connectivity index (χ0) is 15.6. The first-order valence-corrected chi connectivity index (χ1v) is 8.48. The van der Waals surface area contributed by atoms with Gasteiger partial charge in [0.15, 0.2) is 0 Å². The van der Waals surface area contributed by atoms with Crippen LogP contribution in [-0.4, -0.2) is 57.5 Å². The van der Waals surface area contributed by atoms with Gasteiger partial charge in [-0.2, -0.15) is 4.31 Å². The Bertz CT molecular complexity index is 603. The van der Waals surface area contributed by atoms with Gasteiger partial charge in [-0.05, 0) is 25.6 Å². The molecule has 1 aromatic carbocycles. The van der Waals surface area contributed by atoms with Gasteiger partial charge in [0.1, 0.15) is 10.6 Å². The van der Waals surface area contributed by atoms with E-state index in [1.54, 1.807) is 12.1 Å². The van der Waals surface area contributed by atoms with E-state index in [2.05, 4.69) is 11.8 Å². The average Bonchev–Trinajstić information content (AvgIpc) is 2.47. The van der Waals surface area contributed by atoms with Crippen LogP contribution in [0.4, 0.5) is 5.69 Å². The summed E-state index contributed by atoms with van der Waals surface area (Å²) in [5.41, 5.74) is 6.17. The number of rotatable bonds is 4. The summed E-state index contributed by atoms with van der Waals surface area (Å²) < 4.78 is 32.4. The number of nitrogens with two attached hydrogens (primary N) is 1. The molecule has 1 atom stereocenters. The molecule has 0 radical (unpaired) electrons. The lowest BCUT2D eigenvalue weighted by atomic mass is 10.1. The summed E-state index contributed by atoms with van der Waals surface area (Å²) in [5.74, 6) is 0.293. The minimum Gasteiger partial charge on any atom is -0.495 e. The summed E-state index contributed by atoms with van der Waals surface area (Å²) in [6, 6.07) is 4.89. The van der Waals surface area contributed by atoms with E-state index in [0.717, 1.165) is 13.0 Å². The predicted octanol–water partition coefficient (Wildman–Crippen LogP) is 0.992. The Morgan fingerprint density at radius 2 is 2.10 bits per heavy atom. The van der Waals surface area contributed by atoms with Crippen LogP contribution in [-0.2, 0) is 10.0 Å². The molecule has 2 rings (SSSR count). The van der Waals surface area contributed by atoms with Crippen LogP contribution < -0.4 is 10.5 Å². The molecule has 21 heavy (non-hydrogen) atoms. The highest BCUT2D eigenvalue weighted by Gasteiger charge is 2.33. The highest BCUT2D eigenvalue weighted by molar-refractivity contribution is 7.89. The molecular formula is C14H23N3O3S. The molecule has 0 aromatic heterocycles. The first-order chi connectivity index (χ1) is 9.90. The van der Waals surface area contributed by atoms with Crippen LogP contribution in [0.1, 0.15) is 13.3 Å². The summed E-state index contributed by atoms with van der Waals surface area (Å²) in [5, 5.41) is 0. The number of sulfonamides is 1. The largest absolute Gasteiger partial charge is 0.495 e. The Kier molecular flexibility index (Phi) is 4.75. The van der Waals surface area contributed by atoms with Gasteiger partial charge in [-0.25, -0.2) is 8.42 Å². The summed E-state index contributed by atoms with van der Waals surface area (Å²) >= 11 is 0. The van der Waals surface area contributed by atoms with E-state index in [0.29, 0.717) is 24.5 Å². The highest BCUT2D eigenvalue weighted by Crippen LogP contribution is 2.30. The number of methoxy groups -OCH3 is 1. The fourth-order valence-electron chi connectivity index (χ4n) is 2.61. The molecule has 0 amide bonds. The molecule has 1 unspecified atom stereocenters. The van der Waals surface area contributed by atoms with Crippen molar-refractivity contribution in [3.8, 4) is 5.75 Å². The number of likely N-dealkylation sites (N-methyl/N-ethyl adjacent to an activating group) is 1. The molecule has 1 saturated heterocycles. The van der Waals surface area contributed by atoms with Gasteiger partial charge in [0.2, 0.25) is 10.0 Å². The minimum atomic E-state index is -3.56. The number of nitrogens with zero attached hydrogens (tertiary/aromatic N) is 2. The topological polar surface area (TPSA) is 75.9 Å². The molecule has 0 bridgehead atoms. The van der Waals surface area contributed by atoms with Crippen molar-refractivity contribution in [2.75, 3.05) is 39.5 Å². The van der Waals surface area contributed by atoms with Crippen molar-refractivity contribution in [3.63, 3.8) is 0 Å². The van der Waals surface area contributed by atoms with Crippen molar-refractivity contribution in [1.29, 1.82) is 0 Å². The number of piperazine rings is 1. The number of nitrogen functional groups attached to an aromatic ring is 1. The monoisotopic (exact) mass is 313 g/mol. The Morgan fingerprint density at radius 3 is 2.71 bits per heavy atom. The summed E-state index contributed by atoms with van der Waals surface area (Å²) in [4.78, 5) is 2.38. The fourth-order valence-corrected chi connectivity index (χ4v) is 4.22. The number of benzene rings is 1. The van der Waals surface area contributed by atoms with E-state index in [1.807, 2.05) is 7.05 Å². The van der Waals surface area contributed by atoms with E-state index >= 15 is 0 Å². The summed E-state index contributed by atoms with van der Waals surface area (Å²) in [6.07, 6.45) is 0.918. The van der Waals surface area contributed by atoms with Crippen molar-refractivity contribution >= 4 is 15.7 Å². The minimum absolute atomic E-state index is 0.179. The van der Waals surface area contributed by atoms with E-state index in [4.69, 9.17) is 10.5 Å². The first-order valence-electron chi connectivity index (χ1n) is 7.04. The van der Waals surface area contributed by atoms with Crippen molar-refractivity contribution in [1.82, 2.24) is 9.21 Å². The lowest BCUT2D eigenvalue weighted by Gasteiger charge is -2.38. The number of hydrogen-bond acceptors (Lipinski definition) is 5. The maximum absolute atomic E-state index is 12.8. The van der Waals surface area contributed by atoms with Gasteiger partial charge in [0, 0.05) is 37.4 Å². The Hall–Kier alpha value is -1.31. The second kappa shape index (κ2) is 6.21. The Labute approximate surface area is 126 Å². The molecule has 6 nitrogen and oxygen atoms in total. The second-order valence-corrected chi connectivity index (χ2v) is 7.22. The van der Waals surface area contributed by atoms with Gasteiger partial charge in [-0.1, -0.05) is 6.92 Å². The standard InChI is InChI=1S/C14H23N3O3S/c1-4-12-10-17(8-7-16(12)2)21(18,19)14-6-5-11(15)9-13(14)20-3/h5-6,9,12H,4,7-8,10,15H2,1-3H3. The normalized spacial score (nSPS) is 21.4. The summed E-state index contributed by atoms with van der Waals surface area (Å²) in [7, 11) is -0.0812. The van der Waals surface area contributed by atoms with E-state index in [-0.39, 0.29) is 10.9 Å². The van der Waals surface area contributed by atoms with Crippen LogP contribution >= 0.6 is 0 Å². The fraction of sp³-hybridized carbons (Fsp3) is 0.571. The molecule has 1 fully saturated rings. The molecule has 2 N–H and O–H groups in total. The number of ether oxygens (including phenoxy) is 1. The van der Waals surface area contributed by atoms with Crippen LogP contribution in [0.2, 0.25) is 0 Å². The third-order valence-electron chi connectivity index (χ3n) is 4.02. The molecule has 0 saturated carbocycles. The maximum atomic E-state index is 12.8. The Balaban J connectivity index is 2.34. The van der Waals surface area contributed by atoms with Crippen molar-refractivity contribution in [3.05, 3.63) is 18.2 Å². The smallest absolute Gasteiger partial charge is 0.246 e. The van der Waals surface area contributed by atoms with Crippen molar-refractivity contribution in [2.24, 2.45) is 0 Å². The van der Waals surface area contributed by atoms with Gasteiger partial charge < -0.3 is 15.4 Å². The predicted molar refractivity (Wildman–Crippen MR) is 82.9 cm³/mol. The van der Waals surface area contributed by atoms with Gasteiger partial charge >= 0.3 is 0 Å². The second-order valence-electron chi connectivity index (χ2n) is 5.32. The van der Waals surface area contributed by atoms with Gasteiger partial charge in [-0.3, -0.25) is 0 Å². The lowest BCUT2D eigenvalue weighted by molar-refractivity contribution is 0.144. The number of hydrogen-bond donors (Lipinski definition) is 1. The molecule has 7 heteroatoms. The van der Waals surface area contributed by atoms with Gasteiger partial charge in [0.05, 0.1) is 7.11 Å². The third-order valence-corrected chi connectivity index (χ3v) is 5.92. The molecule has 118 valence electrons. The maximum Gasteiger partial charge on any atom is 0.246 e. The molecular weight excluding hydrogens is 290 g/mol. The van der Waals surface area contributed by atoms with E-state index in [9.17, 15) is 8.42 Å². The zero-order valence-electron chi connectivity index (χ0n) is 12.7. The van der Waals surface area contributed by atoms with E-state index < -0.39 is 10.0 Å². The molecule has 0 spiro atoms. The van der Waals surface area contributed by atoms with E-state index in [1.165, 1.54) is 17.5 Å². The zero-order valence-corrected chi connectivity index (χ0v) is 13.6. The first kappa shape index (κ1) is 16.1. The highest BCUT2D eigenvalue weighted by atomic mass is 32.2. The molecule has 1 aromatic rings. The van der Waals surface area contributed by atoms with Crippen LogP contribution in [0, 0.1) is 0 Å². The Morgan fingerprint density at radius 1 is 1.38 bits per heavy atom. The van der Waals surface area contributed by atoms with Crippen LogP contribution in [0.15, 0.2) is 23.1 Å². The quantitative estimate of drug-likeness (QED) is 0.839. The van der Waals surface area contributed by atoms with Gasteiger partial charge in [0.25, 0.3) is 0 Å². The summed E-state index contributed by atoms with van der Waals surface area (Å²) in [6.45, 7) is 3.79.